The van der Waals surface area contributed by atoms with Gasteiger partial charge in [0.1, 0.15) is 17.4 Å². The molecule has 8 nitrogen and oxygen atoms in total. The van der Waals surface area contributed by atoms with Crippen LogP contribution in [0.2, 0.25) is 0 Å². The summed E-state index contributed by atoms with van der Waals surface area (Å²) in [6, 6.07) is 15.0. The monoisotopic (exact) mass is 361 g/mol. The first-order valence-electron chi connectivity index (χ1n) is 7.96. The average molecular weight is 361 g/mol. The molecule has 2 amide bonds. The summed E-state index contributed by atoms with van der Waals surface area (Å²) in [6.45, 7) is 0. The molecule has 0 fully saturated rings. The van der Waals surface area contributed by atoms with Crippen molar-refractivity contribution in [2.75, 3.05) is 7.05 Å². The van der Waals surface area contributed by atoms with E-state index < -0.39 is 11.8 Å². The number of amidine groups is 1. The van der Waals surface area contributed by atoms with E-state index in [1.807, 2.05) is 6.07 Å². The van der Waals surface area contributed by atoms with Crippen molar-refractivity contribution < 1.29 is 14.7 Å². The van der Waals surface area contributed by atoms with E-state index in [4.69, 9.17) is 0 Å². The Kier molecular flexibility index (Phi) is 4.86. The van der Waals surface area contributed by atoms with Crippen LogP contribution in [-0.2, 0) is 4.79 Å². The third-order valence-corrected chi connectivity index (χ3v) is 3.93. The van der Waals surface area contributed by atoms with Crippen LogP contribution < -0.4 is 16.1 Å². The summed E-state index contributed by atoms with van der Waals surface area (Å²) in [5, 5.41) is 28.5. The van der Waals surface area contributed by atoms with Crippen LogP contribution in [0.1, 0.15) is 21.5 Å². The quantitative estimate of drug-likeness (QED) is 0.369. The van der Waals surface area contributed by atoms with Crippen LogP contribution in [0.4, 0.5) is 0 Å². The van der Waals surface area contributed by atoms with Gasteiger partial charge in [-0.25, -0.2) is 5.43 Å². The lowest BCUT2D eigenvalue weighted by Crippen LogP contribution is -2.26. The number of phenolic OH excluding ortho intramolecular Hbond substituents is 1. The van der Waals surface area contributed by atoms with Crippen molar-refractivity contribution in [2.24, 2.45) is 5.10 Å². The lowest BCUT2D eigenvalue weighted by atomic mass is 10.0. The standard InChI is InChI=1S/C19H15N5O3/c1-21-18(26)14(10-20)16-11-6-2-3-7-12(11)17(22-16)23-24-19(27)13-8-4-5-9-15(13)25/h2-9,25H,1H3,(H,21,26)(H,22,23)(H,24,27)/b16-14-. The van der Waals surface area contributed by atoms with E-state index in [2.05, 4.69) is 21.2 Å². The highest BCUT2D eigenvalue weighted by molar-refractivity contribution is 6.17. The molecule has 0 atom stereocenters. The minimum absolute atomic E-state index is 0.0759. The molecule has 134 valence electrons. The van der Waals surface area contributed by atoms with Crippen LogP contribution in [0.25, 0.3) is 5.70 Å². The Balaban J connectivity index is 1.96. The Morgan fingerprint density at radius 3 is 2.44 bits per heavy atom. The summed E-state index contributed by atoms with van der Waals surface area (Å²) in [5.41, 5.74) is 3.90. The molecule has 2 aromatic carbocycles. The third kappa shape index (κ3) is 3.34. The average Bonchev–Trinajstić information content (AvgIpc) is 3.05. The maximum atomic E-state index is 12.2. The number of likely N-dealkylation sites (N-methyl/N-ethyl adjacent to an activating group) is 1. The van der Waals surface area contributed by atoms with Gasteiger partial charge in [-0.2, -0.15) is 10.4 Å². The number of aromatic hydroxyl groups is 1. The fourth-order valence-corrected chi connectivity index (χ4v) is 2.62. The number of hydrazone groups is 1. The van der Waals surface area contributed by atoms with Crippen LogP contribution in [0, 0.1) is 11.3 Å². The number of amides is 2. The molecule has 1 aliphatic heterocycles. The van der Waals surface area contributed by atoms with Crippen LogP contribution in [0.5, 0.6) is 5.75 Å². The molecule has 0 bridgehead atoms. The maximum Gasteiger partial charge on any atom is 0.275 e. The number of fused-ring (bicyclic) bond motifs is 1. The van der Waals surface area contributed by atoms with Crippen LogP contribution >= 0.6 is 0 Å². The zero-order valence-corrected chi connectivity index (χ0v) is 14.3. The summed E-state index contributed by atoms with van der Waals surface area (Å²) in [4.78, 5) is 24.2. The molecule has 0 unspecified atom stereocenters. The number of benzene rings is 2. The highest BCUT2D eigenvalue weighted by Gasteiger charge is 2.27. The Labute approximate surface area is 154 Å². The van der Waals surface area contributed by atoms with Crippen LogP contribution in [0.15, 0.2) is 59.2 Å². The molecule has 0 saturated carbocycles. The zero-order valence-electron chi connectivity index (χ0n) is 14.3. The summed E-state index contributed by atoms with van der Waals surface area (Å²) < 4.78 is 0. The van der Waals surface area contributed by atoms with Gasteiger partial charge in [-0.15, -0.1) is 0 Å². The first kappa shape index (κ1) is 17.7. The van der Waals surface area contributed by atoms with Gasteiger partial charge in [0, 0.05) is 18.2 Å². The normalized spacial score (nSPS) is 15.3. The van der Waals surface area contributed by atoms with Crippen LogP contribution in [-0.4, -0.2) is 29.8 Å². The van der Waals surface area contributed by atoms with Gasteiger partial charge in [0.15, 0.2) is 5.84 Å². The molecule has 8 heteroatoms. The highest BCUT2D eigenvalue weighted by Crippen LogP contribution is 2.27. The Bertz CT molecular complexity index is 1030. The number of carbonyl (C=O) groups is 2. The molecule has 0 radical (unpaired) electrons. The van der Waals surface area contributed by atoms with Crippen molar-refractivity contribution in [3.63, 3.8) is 0 Å². The fourth-order valence-electron chi connectivity index (χ4n) is 2.62. The SMILES string of the molecule is CNC(=O)/C(C#N)=C1\N/C(=N\NC(=O)c2ccccc2O)c2ccccc21. The number of phenols is 1. The lowest BCUT2D eigenvalue weighted by Gasteiger charge is -2.05. The Morgan fingerprint density at radius 2 is 1.78 bits per heavy atom. The van der Waals surface area contributed by atoms with Crippen LogP contribution in [0.3, 0.4) is 0 Å². The molecule has 1 aliphatic rings. The molecule has 0 aromatic heterocycles. The smallest absolute Gasteiger partial charge is 0.275 e. The van der Waals surface area contributed by atoms with Crippen molar-refractivity contribution in [1.82, 2.24) is 16.1 Å². The van der Waals surface area contributed by atoms with Gasteiger partial charge in [-0.3, -0.25) is 9.59 Å². The molecular formula is C19H15N5O3. The fraction of sp³-hybridized carbons (Fsp3) is 0.0526. The van der Waals surface area contributed by atoms with Crippen molar-refractivity contribution in [3.05, 3.63) is 70.8 Å². The Hall–Kier alpha value is -4.12. The predicted octanol–water partition coefficient (Wildman–Crippen LogP) is 1.07. The molecule has 0 saturated heterocycles. The molecule has 2 aromatic rings. The first-order chi connectivity index (χ1) is 13.1. The van der Waals surface area contributed by atoms with Gasteiger partial charge in [0.25, 0.3) is 11.8 Å². The first-order valence-corrected chi connectivity index (χ1v) is 7.96. The largest absolute Gasteiger partial charge is 0.507 e. The van der Waals surface area contributed by atoms with E-state index in [0.717, 1.165) is 0 Å². The number of rotatable bonds is 3. The number of nitriles is 1. The summed E-state index contributed by atoms with van der Waals surface area (Å²) in [5.74, 6) is -1.01. The lowest BCUT2D eigenvalue weighted by molar-refractivity contribution is -0.116. The summed E-state index contributed by atoms with van der Waals surface area (Å²) >= 11 is 0. The molecule has 0 spiro atoms. The number of nitrogens with zero attached hydrogens (tertiary/aromatic N) is 2. The van der Waals surface area contributed by atoms with Gasteiger partial charge < -0.3 is 15.7 Å². The van der Waals surface area contributed by atoms with Gasteiger partial charge in [-0.1, -0.05) is 36.4 Å². The highest BCUT2D eigenvalue weighted by atomic mass is 16.3. The molecule has 27 heavy (non-hydrogen) atoms. The van der Waals surface area contributed by atoms with Gasteiger partial charge in [0.2, 0.25) is 0 Å². The van der Waals surface area contributed by atoms with Crippen molar-refractivity contribution in [3.8, 4) is 11.8 Å². The van der Waals surface area contributed by atoms with Gasteiger partial charge in [0.05, 0.1) is 11.3 Å². The molecule has 1 heterocycles. The van der Waals surface area contributed by atoms with Gasteiger partial charge in [-0.05, 0) is 12.1 Å². The van der Waals surface area contributed by atoms with E-state index in [1.54, 1.807) is 36.4 Å². The number of hydrogen-bond acceptors (Lipinski definition) is 5. The third-order valence-electron chi connectivity index (χ3n) is 3.93. The second kappa shape index (κ2) is 7.41. The van der Waals surface area contributed by atoms with E-state index >= 15 is 0 Å². The number of nitrogens with one attached hydrogen (secondary N) is 3. The molecule has 0 aliphatic carbocycles. The number of hydrogen-bond donors (Lipinski definition) is 4. The van der Waals surface area contributed by atoms with E-state index in [9.17, 15) is 20.0 Å². The van der Waals surface area contributed by atoms with Crippen molar-refractivity contribution >= 4 is 23.3 Å². The van der Waals surface area contributed by atoms with E-state index in [-0.39, 0.29) is 22.7 Å². The second-order valence-corrected chi connectivity index (χ2v) is 5.53. The number of carbonyl (C=O) groups excluding carboxylic acids is 2. The van der Waals surface area contributed by atoms with E-state index in [1.165, 1.54) is 19.2 Å². The predicted molar refractivity (Wildman–Crippen MR) is 98.3 cm³/mol. The molecule has 3 rings (SSSR count). The zero-order chi connectivity index (χ0) is 19.4. The van der Waals surface area contributed by atoms with Crippen molar-refractivity contribution in [2.45, 2.75) is 0 Å². The molecule has 4 N–H and O–H groups in total. The number of para-hydroxylation sites is 1. The van der Waals surface area contributed by atoms with Gasteiger partial charge >= 0.3 is 0 Å². The topological polar surface area (TPSA) is 127 Å². The minimum atomic E-state index is -0.593. The van der Waals surface area contributed by atoms with Crippen molar-refractivity contribution in [1.29, 1.82) is 5.26 Å². The second-order valence-electron chi connectivity index (χ2n) is 5.53. The Morgan fingerprint density at radius 1 is 1.11 bits per heavy atom. The maximum absolute atomic E-state index is 12.2. The molecular weight excluding hydrogens is 346 g/mol. The minimum Gasteiger partial charge on any atom is -0.507 e. The van der Waals surface area contributed by atoms with E-state index in [0.29, 0.717) is 16.8 Å². The summed E-state index contributed by atoms with van der Waals surface area (Å²) in [7, 11) is 1.43. The summed E-state index contributed by atoms with van der Waals surface area (Å²) in [6.07, 6.45) is 0.